The van der Waals surface area contributed by atoms with Gasteiger partial charge in [-0.15, -0.1) is 0 Å². The molecule has 2 unspecified atom stereocenters. The van der Waals surface area contributed by atoms with E-state index in [4.69, 9.17) is 37.5 Å². The van der Waals surface area contributed by atoms with Crippen LogP contribution in [0, 0.1) is 11.8 Å². The molecule has 4 aromatic carbocycles. The summed E-state index contributed by atoms with van der Waals surface area (Å²) in [6.45, 7) is 5.77. The van der Waals surface area contributed by atoms with Gasteiger partial charge in [-0.25, -0.2) is 18.0 Å². The van der Waals surface area contributed by atoms with E-state index < -0.39 is 66.7 Å². The third kappa shape index (κ3) is 14.3. The van der Waals surface area contributed by atoms with E-state index in [0.29, 0.717) is 24.3 Å². The zero-order valence-corrected chi connectivity index (χ0v) is 38.8. The summed E-state index contributed by atoms with van der Waals surface area (Å²) >= 11 is 0. The van der Waals surface area contributed by atoms with Crippen LogP contribution in [0.25, 0.3) is 0 Å². The molecule has 65 heavy (non-hydrogen) atoms. The predicted molar refractivity (Wildman–Crippen MR) is 239 cm³/mol. The maximum absolute atomic E-state index is 14.3. The quantitative estimate of drug-likeness (QED) is 0.0534. The number of carbonyl (C=O) groups excluding carboxylic acids is 2. The minimum absolute atomic E-state index is 0.0108. The molecule has 0 radical (unpaired) electrons. The van der Waals surface area contributed by atoms with Crippen molar-refractivity contribution in [1.29, 1.82) is 0 Å². The molecule has 18 heteroatoms. The summed E-state index contributed by atoms with van der Waals surface area (Å²) in [6.07, 6.45) is -4.08. The van der Waals surface area contributed by atoms with Gasteiger partial charge >= 0.3 is 19.7 Å². The van der Waals surface area contributed by atoms with Crippen LogP contribution in [0.5, 0.6) is 11.5 Å². The number of nitrogens with zero attached hydrogens (tertiary/aromatic N) is 1. The van der Waals surface area contributed by atoms with Crippen molar-refractivity contribution in [2.24, 2.45) is 11.8 Å². The van der Waals surface area contributed by atoms with Crippen LogP contribution in [-0.4, -0.2) is 100 Å². The molecule has 2 N–H and O–H groups in total. The lowest BCUT2D eigenvalue weighted by atomic mass is 10.0. The van der Waals surface area contributed by atoms with Gasteiger partial charge in [0.15, 0.2) is 18.7 Å². The smallest absolute Gasteiger partial charge is 0.407 e. The number of sulfonamides is 1. The van der Waals surface area contributed by atoms with Gasteiger partial charge in [0.05, 0.1) is 49.9 Å². The Hall–Kier alpha value is -4.84. The third-order valence-corrected chi connectivity index (χ3v) is 14.2. The number of aliphatic hydroxyl groups excluding tert-OH is 1. The van der Waals surface area contributed by atoms with Crippen LogP contribution in [0.2, 0.25) is 0 Å². The molecule has 16 nitrogen and oxygen atoms in total. The molecule has 2 saturated heterocycles. The molecule has 4 aromatic rings. The second-order valence-corrected chi connectivity index (χ2v) is 20.2. The fourth-order valence-electron chi connectivity index (χ4n) is 7.34. The Labute approximate surface area is 381 Å². The maximum Gasteiger partial charge on any atom is 0.407 e. The molecule has 0 aromatic heterocycles. The number of alkyl carbamates (subject to hydrolysis) is 1. The third-order valence-electron chi connectivity index (χ3n) is 10.9. The molecule has 2 heterocycles. The van der Waals surface area contributed by atoms with Gasteiger partial charge in [0, 0.05) is 13.1 Å². The average molecular weight is 939 g/mol. The van der Waals surface area contributed by atoms with Crippen molar-refractivity contribution < 1.29 is 65.1 Å². The molecule has 0 saturated carbocycles. The van der Waals surface area contributed by atoms with Crippen LogP contribution >= 0.6 is 7.60 Å². The number of nitrogens with one attached hydrogen (secondary N) is 1. The van der Waals surface area contributed by atoms with E-state index >= 15 is 0 Å². The highest BCUT2D eigenvalue weighted by atomic mass is 32.2. The molecule has 2 aliphatic heterocycles. The molecule has 1 amide bonds. The lowest BCUT2D eigenvalue weighted by Crippen LogP contribution is -2.51. The second-order valence-electron chi connectivity index (χ2n) is 16.3. The van der Waals surface area contributed by atoms with E-state index in [1.165, 1.54) is 23.5 Å². The SMILES string of the molecule is CC[C@@H](OP(=O)(COc1ccc(C[C@H](NC(=O)O[C@H]2CO[C@H]3OCCC32)[C@H](O)CN(CC(C)C)S(=O)(=O)c2ccc(OC)cc2)cc1)OCc1ccccc1)C(=O)OCc1ccccc1. The van der Waals surface area contributed by atoms with Crippen LogP contribution in [0.4, 0.5) is 4.79 Å². The van der Waals surface area contributed by atoms with E-state index in [9.17, 15) is 27.7 Å². The number of benzene rings is 4. The van der Waals surface area contributed by atoms with Crippen LogP contribution < -0.4 is 14.8 Å². The Morgan fingerprint density at radius 2 is 1.51 bits per heavy atom. The lowest BCUT2D eigenvalue weighted by molar-refractivity contribution is -0.154. The molecular formula is C47H59N2O14PS. The Morgan fingerprint density at radius 1 is 0.862 bits per heavy atom. The van der Waals surface area contributed by atoms with E-state index in [0.717, 1.165) is 11.1 Å². The molecule has 0 spiro atoms. The summed E-state index contributed by atoms with van der Waals surface area (Å²) in [5.74, 6) is -0.152. The molecule has 0 bridgehead atoms. The lowest BCUT2D eigenvalue weighted by Gasteiger charge is -2.31. The number of fused-ring (bicyclic) bond motifs is 1. The normalized spacial score (nSPS) is 19.5. The van der Waals surface area contributed by atoms with Gasteiger partial charge in [-0.3, -0.25) is 9.09 Å². The highest BCUT2D eigenvalue weighted by Crippen LogP contribution is 2.51. The Kier molecular flexibility index (Phi) is 18.0. The highest BCUT2D eigenvalue weighted by Gasteiger charge is 2.44. The Balaban J connectivity index is 1.16. The molecule has 6 rings (SSSR count). The fourth-order valence-corrected chi connectivity index (χ4v) is 10.4. The fraction of sp³-hybridized carbons (Fsp3) is 0.447. The van der Waals surface area contributed by atoms with Gasteiger partial charge in [0.2, 0.25) is 10.0 Å². The number of carbonyl (C=O) groups is 2. The van der Waals surface area contributed by atoms with Crippen LogP contribution in [0.15, 0.2) is 114 Å². The van der Waals surface area contributed by atoms with Crippen molar-refractivity contribution in [3.8, 4) is 11.5 Å². The summed E-state index contributed by atoms with van der Waals surface area (Å²) < 4.78 is 88.9. The number of esters is 1. The standard InChI is InChI=1S/C47H59N2O14PS/c1-5-43(45(51)58-29-35-12-8-6-9-13-35)63-64(53,61-30-36-14-10-7-11-15-36)32-60-38-18-16-34(17-19-38)26-41(48-47(52)62-44-31-59-46-40(44)24-25-57-46)42(50)28-49(27-33(2)3)65(54,55)39-22-20-37(56-4)21-23-39/h6-23,33,40-44,46,50H,5,24-32H2,1-4H3,(H,48,52)/t40?,41-,42+,43+,44-,46+,64?/m0/s1. The van der Waals surface area contributed by atoms with Gasteiger partial charge in [0.1, 0.15) is 24.2 Å². The van der Waals surface area contributed by atoms with Crippen molar-refractivity contribution >= 4 is 29.7 Å². The van der Waals surface area contributed by atoms with Gasteiger partial charge in [-0.1, -0.05) is 93.6 Å². The van der Waals surface area contributed by atoms with Crippen molar-refractivity contribution in [1.82, 2.24) is 9.62 Å². The molecule has 7 atom stereocenters. The van der Waals surface area contributed by atoms with E-state index in [-0.39, 0.29) is 68.2 Å². The highest BCUT2D eigenvalue weighted by molar-refractivity contribution is 7.89. The predicted octanol–water partition coefficient (Wildman–Crippen LogP) is 7.09. The van der Waals surface area contributed by atoms with Crippen LogP contribution in [0.1, 0.15) is 50.3 Å². The first-order valence-electron chi connectivity index (χ1n) is 21.7. The number of hydrogen-bond donors (Lipinski definition) is 2. The maximum atomic E-state index is 14.3. The summed E-state index contributed by atoms with van der Waals surface area (Å²) in [7, 11) is -6.72. The van der Waals surface area contributed by atoms with Gasteiger partial charge in [-0.05, 0) is 78.3 Å². The minimum atomic E-state index is -4.11. The average Bonchev–Trinajstić information content (AvgIpc) is 3.94. The first kappa shape index (κ1) is 49.6. The van der Waals surface area contributed by atoms with E-state index in [1.54, 1.807) is 55.5 Å². The van der Waals surface area contributed by atoms with Gasteiger partial charge in [0.25, 0.3) is 0 Å². The first-order valence-corrected chi connectivity index (χ1v) is 24.8. The zero-order valence-electron chi connectivity index (χ0n) is 37.1. The Bertz CT molecular complexity index is 2270. The molecule has 2 aliphatic rings. The van der Waals surface area contributed by atoms with Gasteiger partial charge in [-0.2, -0.15) is 4.31 Å². The van der Waals surface area contributed by atoms with Crippen molar-refractivity contribution in [2.45, 2.75) is 88.8 Å². The van der Waals surface area contributed by atoms with Crippen molar-refractivity contribution in [3.63, 3.8) is 0 Å². The van der Waals surface area contributed by atoms with Crippen molar-refractivity contribution in [2.75, 3.05) is 39.8 Å². The zero-order chi connectivity index (χ0) is 46.4. The number of ether oxygens (including phenoxy) is 6. The van der Waals surface area contributed by atoms with E-state index in [2.05, 4.69) is 5.32 Å². The summed E-state index contributed by atoms with van der Waals surface area (Å²) in [5.41, 5.74) is 2.15. The number of rotatable bonds is 24. The monoisotopic (exact) mass is 938 g/mol. The van der Waals surface area contributed by atoms with Crippen LogP contribution in [-0.2, 0) is 67.0 Å². The van der Waals surface area contributed by atoms with E-state index in [1.807, 2.05) is 62.4 Å². The summed E-state index contributed by atoms with van der Waals surface area (Å²) in [4.78, 5) is 26.6. The largest absolute Gasteiger partial charge is 0.497 e. The van der Waals surface area contributed by atoms with Crippen LogP contribution in [0.3, 0.4) is 0 Å². The molecule has 352 valence electrons. The first-order chi connectivity index (χ1) is 31.2. The number of aliphatic hydroxyl groups is 1. The topological polar surface area (TPSA) is 195 Å². The Morgan fingerprint density at radius 3 is 2.14 bits per heavy atom. The molecular weight excluding hydrogens is 880 g/mol. The second kappa shape index (κ2) is 23.6. The molecule has 2 fully saturated rings. The number of methoxy groups -OCH3 is 1. The number of hydrogen-bond acceptors (Lipinski definition) is 14. The van der Waals surface area contributed by atoms with Gasteiger partial charge < -0.3 is 43.4 Å². The summed E-state index contributed by atoms with van der Waals surface area (Å²) in [6, 6.07) is 29.8. The molecule has 0 aliphatic carbocycles. The van der Waals surface area contributed by atoms with Crippen molar-refractivity contribution in [3.05, 3.63) is 126 Å². The minimum Gasteiger partial charge on any atom is -0.497 e. The number of amides is 1. The summed E-state index contributed by atoms with van der Waals surface area (Å²) in [5, 5.41) is 14.6.